The van der Waals surface area contributed by atoms with Crippen molar-refractivity contribution in [2.24, 2.45) is 7.05 Å². The summed E-state index contributed by atoms with van der Waals surface area (Å²) in [5.41, 5.74) is 0. The molecule has 9 heteroatoms. The highest BCUT2D eigenvalue weighted by atomic mass is 32.2. The van der Waals surface area contributed by atoms with Crippen LogP contribution in [0.4, 0.5) is 0 Å². The van der Waals surface area contributed by atoms with Gasteiger partial charge >= 0.3 is 0 Å². The summed E-state index contributed by atoms with van der Waals surface area (Å²) in [6, 6.07) is 0. The highest BCUT2D eigenvalue weighted by Crippen LogP contribution is 2.18. The predicted octanol–water partition coefficient (Wildman–Crippen LogP) is -0.605. The van der Waals surface area contributed by atoms with E-state index >= 15 is 0 Å². The first-order valence-electron chi connectivity index (χ1n) is 5.07. The zero-order valence-corrected chi connectivity index (χ0v) is 10.4. The molecule has 0 aliphatic carbocycles. The second-order valence-corrected chi connectivity index (χ2v) is 4.36. The Morgan fingerprint density at radius 2 is 2.12 bits per heavy atom. The Morgan fingerprint density at radius 3 is 2.76 bits per heavy atom. The lowest BCUT2D eigenvalue weighted by atomic mass is 10.6. The van der Waals surface area contributed by atoms with E-state index in [1.807, 2.05) is 18.5 Å². The molecular weight excluding hydrogens is 242 g/mol. The van der Waals surface area contributed by atoms with Crippen molar-refractivity contribution in [2.75, 3.05) is 6.61 Å². The predicted molar refractivity (Wildman–Crippen MR) is 60.2 cm³/mol. The van der Waals surface area contributed by atoms with E-state index in [4.69, 9.17) is 5.11 Å². The molecule has 2 heterocycles. The van der Waals surface area contributed by atoms with E-state index in [0.29, 0.717) is 17.5 Å². The van der Waals surface area contributed by atoms with Crippen LogP contribution < -0.4 is 0 Å². The van der Waals surface area contributed by atoms with Crippen molar-refractivity contribution >= 4 is 11.8 Å². The maximum absolute atomic E-state index is 8.84. The van der Waals surface area contributed by atoms with Crippen molar-refractivity contribution in [3.05, 3.63) is 11.6 Å². The molecule has 0 unspecified atom stereocenters. The van der Waals surface area contributed by atoms with Gasteiger partial charge < -0.3 is 9.67 Å². The Morgan fingerprint density at radius 1 is 1.29 bits per heavy atom. The molecule has 0 bridgehead atoms. The number of aromatic nitrogens is 7. The topological polar surface area (TPSA) is 94.5 Å². The molecule has 0 atom stereocenters. The lowest BCUT2D eigenvalue weighted by Gasteiger charge is -2.02. The highest BCUT2D eigenvalue weighted by Gasteiger charge is 2.10. The first-order valence-corrected chi connectivity index (χ1v) is 6.05. The van der Waals surface area contributed by atoms with Crippen LogP contribution >= 0.6 is 11.8 Å². The average molecular weight is 255 g/mol. The Hall–Kier alpha value is -1.48. The summed E-state index contributed by atoms with van der Waals surface area (Å²) in [6.45, 7) is 2.31. The van der Waals surface area contributed by atoms with Gasteiger partial charge in [0.25, 0.3) is 0 Å². The van der Waals surface area contributed by atoms with Gasteiger partial charge in [-0.05, 0) is 17.4 Å². The van der Waals surface area contributed by atoms with E-state index in [1.165, 1.54) is 11.8 Å². The molecule has 0 saturated heterocycles. The first kappa shape index (κ1) is 12.0. The molecule has 0 amide bonds. The van der Waals surface area contributed by atoms with Crippen LogP contribution in [0.15, 0.2) is 5.16 Å². The van der Waals surface area contributed by atoms with Crippen molar-refractivity contribution < 1.29 is 5.11 Å². The third-order valence-electron chi connectivity index (χ3n) is 2.32. The fourth-order valence-electron chi connectivity index (χ4n) is 1.24. The van der Waals surface area contributed by atoms with E-state index < -0.39 is 0 Å². The van der Waals surface area contributed by atoms with Crippen LogP contribution in [0.2, 0.25) is 0 Å². The van der Waals surface area contributed by atoms with Gasteiger partial charge in [-0.25, -0.2) is 4.68 Å². The van der Waals surface area contributed by atoms with Crippen molar-refractivity contribution in [3.63, 3.8) is 0 Å². The van der Waals surface area contributed by atoms with Crippen molar-refractivity contribution in [1.82, 2.24) is 35.0 Å². The zero-order valence-electron chi connectivity index (χ0n) is 9.61. The van der Waals surface area contributed by atoms with E-state index in [2.05, 4.69) is 25.7 Å². The number of hydrogen-bond acceptors (Lipinski definition) is 7. The second-order valence-electron chi connectivity index (χ2n) is 3.42. The van der Waals surface area contributed by atoms with E-state index in [0.717, 1.165) is 11.6 Å². The van der Waals surface area contributed by atoms with E-state index in [9.17, 15) is 0 Å². The molecule has 2 aromatic rings. The minimum Gasteiger partial charge on any atom is -0.394 e. The average Bonchev–Trinajstić information content (AvgIpc) is 2.87. The Kier molecular flexibility index (Phi) is 3.69. The number of aryl methyl sites for hydroxylation is 1. The largest absolute Gasteiger partial charge is 0.394 e. The molecule has 17 heavy (non-hydrogen) atoms. The molecule has 1 N–H and O–H groups in total. The number of thioether (sulfide) groups is 1. The van der Waals surface area contributed by atoms with Gasteiger partial charge in [-0.3, -0.25) is 0 Å². The first-order chi connectivity index (χ1) is 8.22. The molecular formula is C8H13N7OS. The number of aliphatic hydroxyl groups is 1. The molecule has 2 aromatic heterocycles. The third kappa shape index (κ3) is 2.61. The number of hydrogen-bond donors (Lipinski definition) is 1. The molecule has 2 rings (SSSR count). The Balaban J connectivity index is 2.02. The van der Waals surface area contributed by atoms with Crippen LogP contribution in [-0.2, 0) is 19.3 Å². The quantitative estimate of drug-likeness (QED) is 0.712. The minimum atomic E-state index is 0.0155. The van der Waals surface area contributed by atoms with Gasteiger partial charge in [0.05, 0.1) is 18.9 Å². The Bertz CT molecular complexity index is 494. The minimum absolute atomic E-state index is 0.0155. The van der Waals surface area contributed by atoms with E-state index in [-0.39, 0.29) is 6.61 Å². The monoisotopic (exact) mass is 255 g/mol. The fraction of sp³-hybridized carbons (Fsp3) is 0.625. The van der Waals surface area contributed by atoms with Gasteiger partial charge in [-0.1, -0.05) is 11.8 Å². The molecule has 0 spiro atoms. The van der Waals surface area contributed by atoms with Gasteiger partial charge in [-0.2, -0.15) is 0 Å². The van der Waals surface area contributed by atoms with Crippen LogP contribution in [0.5, 0.6) is 0 Å². The molecule has 0 radical (unpaired) electrons. The SMILES string of the molecule is Cc1nnc(CSc2nnnn2CCO)n1C. The van der Waals surface area contributed by atoms with Gasteiger partial charge in [0.15, 0.2) is 0 Å². The zero-order chi connectivity index (χ0) is 12.3. The van der Waals surface area contributed by atoms with Crippen LogP contribution in [-0.4, -0.2) is 46.7 Å². The number of aliphatic hydroxyl groups excluding tert-OH is 1. The standard InChI is InChI=1S/C8H13N7OS/c1-6-9-10-7(14(6)2)5-17-8-11-12-13-15(8)3-4-16/h16H,3-5H2,1-2H3. The van der Waals surface area contributed by atoms with Gasteiger partial charge in [0.2, 0.25) is 5.16 Å². The van der Waals surface area contributed by atoms with Crippen molar-refractivity contribution in [3.8, 4) is 0 Å². The summed E-state index contributed by atoms with van der Waals surface area (Å²) in [5.74, 6) is 2.38. The third-order valence-corrected chi connectivity index (χ3v) is 3.28. The van der Waals surface area contributed by atoms with Crippen LogP contribution in [0, 0.1) is 6.92 Å². The summed E-state index contributed by atoms with van der Waals surface area (Å²) in [6.07, 6.45) is 0. The molecule has 8 nitrogen and oxygen atoms in total. The summed E-state index contributed by atoms with van der Waals surface area (Å²) in [5, 5.41) is 28.8. The smallest absolute Gasteiger partial charge is 0.209 e. The number of tetrazole rings is 1. The lowest BCUT2D eigenvalue weighted by molar-refractivity contribution is 0.262. The lowest BCUT2D eigenvalue weighted by Crippen LogP contribution is -2.06. The maximum atomic E-state index is 8.84. The highest BCUT2D eigenvalue weighted by molar-refractivity contribution is 7.98. The number of nitrogens with zero attached hydrogens (tertiary/aromatic N) is 7. The summed E-state index contributed by atoms with van der Waals surface area (Å²) >= 11 is 1.47. The van der Waals surface area contributed by atoms with Crippen LogP contribution in [0.1, 0.15) is 11.6 Å². The summed E-state index contributed by atoms with van der Waals surface area (Å²) in [7, 11) is 1.92. The maximum Gasteiger partial charge on any atom is 0.209 e. The van der Waals surface area contributed by atoms with E-state index in [1.54, 1.807) is 4.68 Å². The van der Waals surface area contributed by atoms with Gasteiger partial charge in [-0.15, -0.1) is 15.3 Å². The molecule has 0 aliphatic rings. The molecule has 0 aromatic carbocycles. The van der Waals surface area contributed by atoms with Crippen molar-refractivity contribution in [2.45, 2.75) is 24.4 Å². The van der Waals surface area contributed by atoms with Crippen LogP contribution in [0.3, 0.4) is 0 Å². The molecule has 0 fully saturated rings. The molecule has 92 valence electrons. The van der Waals surface area contributed by atoms with Crippen molar-refractivity contribution in [1.29, 1.82) is 0 Å². The number of rotatable bonds is 5. The fourth-order valence-corrected chi connectivity index (χ4v) is 2.12. The summed E-state index contributed by atoms with van der Waals surface area (Å²) < 4.78 is 3.49. The Labute approximate surface area is 102 Å². The normalized spacial score (nSPS) is 11.0. The summed E-state index contributed by atoms with van der Waals surface area (Å²) in [4.78, 5) is 0. The second kappa shape index (κ2) is 5.23. The van der Waals surface area contributed by atoms with Crippen LogP contribution in [0.25, 0.3) is 0 Å². The molecule has 0 saturated carbocycles. The van der Waals surface area contributed by atoms with Gasteiger partial charge in [0, 0.05) is 7.05 Å². The molecule has 0 aliphatic heterocycles. The van der Waals surface area contributed by atoms with Gasteiger partial charge in [0.1, 0.15) is 11.6 Å².